The number of hydrogen-bond acceptors (Lipinski definition) is 7. The molecular formula is C32H64NO7P. The molecule has 2 atom stereocenters. The topological polar surface area (TPSA) is 105 Å². The van der Waals surface area contributed by atoms with E-state index in [2.05, 4.69) is 19.1 Å². The van der Waals surface area contributed by atoms with Crippen molar-refractivity contribution >= 4 is 13.8 Å². The number of aliphatic hydroxyl groups excluding tert-OH is 1. The molecular weight excluding hydrogens is 541 g/mol. The summed E-state index contributed by atoms with van der Waals surface area (Å²) in [7, 11) is 1.24. The molecule has 0 aromatic carbocycles. The molecule has 0 spiro atoms. The van der Waals surface area contributed by atoms with Crippen LogP contribution in [-0.4, -0.2) is 69.2 Å². The van der Waals surface area contributed by atoms with Gasteiger partial charge in [-0.3, -0.25) is 9.36 Å². The van der Waals surface area contributed by atoms with Crippen molar-refractivity contribution in [1.29, 1.82) is 0 Å². The quantitative estimate of drug-likeness (QED) is 0.0298. The number of phosphoric ester groups is 1. The summed E-state index contributed by atoms with van der Waals surface area (Å²) in [5.41, 5.74) is 0. The van der Waals surface area contributed by atoms with Crippen LogP contribution in [0.1, 0.15) is 135 Å². The van der Waals surface area contributed by atoms with Gasteiger partial charge in [0.25, 0.3) is 7.82 Å². The monoisotopic (exact) mass is 605 g/mol. The van der Waals surface area contributed by atoms with Gasteiger partial charge in [0.15, 0.2) is 0 Å². The minimum absolute atomic E-state index is 0.00859. The molecule has 8 nitrogen and oxygen atoms in total. The Balaban J connectivity index is 3.57. The second kappa shape index (κ2) is 26.8. The van der Waals surface area contributed by atoms with Crippen molar-refractivity contribution in [3.63, 3.8) is 0 Å². The molecule has 0 saturated heterocycles. The fraction of sp³-hybridized carbons (Fsp3) is 0.906. The van der Waals surface area contributed by atoms with E-state index in [9.17, 15) is 19.4 Å². The zero-order valence-corrected chi connectivity index (χ0v) is 27.9. The summed E-state index contributed by atoms with van der Waals surface area (Å²) in [5.74, 6) is -0.451. The number of unbranched alkanes of at least 4 members (excludes halogenated alkanes) is 17. The van der Waals surface area contributed by atoms with E-state index in [1.807, 2.05) is 21.1 Å². The summed E-state index contributed by atoms with van der Waals surface area (Å²) < 4.78 is 27.2. The molecule has 1 N–H and O–H groups in total. The van der Waals surface area contributed by atoms with E-state index in [-0.39, 0.29) is 13.0 Å². The molecule has 0 aliphatic heterocycles. The molecule has 41 heavy (non-hydrogen) atoms. The summed E-state index contributed by atoms with van der Waals surface area (Å²) in [6.07, 6.45) is 27.8. The first-order chi connectivity index (χ1) is 19.6. The van der Waals surface area contributed by atoms with E-state index in [4.69, 9.17) is 13.8 Å². The smallest absolute Gasteiger partial charge is 0.306 e. The molecule has 9 heteroatoms. The molecule has 0 heterocycles. The largest absolute Gasteiger partial charge is 0.756 e. The number of carbonyl (C=O) groups is 1. The summed E-state index contributed by atoms with van der Waals surface area (Å²) in [5, 5.41) is 9.41. The number of aliphatic hydroxyl groups is 1. The first-order valence-corrected chi connectivity index (χ1v) is 17.9. The van der Waals surface area contributed by atoms with E-state index in [0.29, 0.717) is 11.0 Å². The van der Waals surface area contributed by atoms with Gasteiger partial charge in [-0.1, -0.05) is 109 Å². The molecule has 0 amide bonds. The molecule has 0 aromatic rings. The fourth-order valence-corrected chi connectivity index (χ4v) is 5.14. The van der Waals surface area contributed by atoms with Gasteiger partial charge in [-0.25, -0.2) is 0 Å². The van der Waals surface area contributed by atoms with Gasteiger partial charge >= 0.3 is 5.97 Å². The second-order valence-corrected chi connectivity index (χ2v) is 13.8. The van der Waals surface area contributed by atoms with Gasteiger partial charge in [0, 0.05) is 6.42 Å². The van der Waals surface area contributed by atoms with E-state index in [0.717, 1.165) is 19.3 Å². The average molecular weight is 606 g/mol. The maximum atomic E-state index is 12.0. The Morgan fingerprint density at radius 2 is 1.24 bits per heavy atom. The molecule has 244 valence electrons. The van der Waals surface area contributed by atoms with Gasteiger partial charge in [-0.2, -0.15) is 0 Å². The van der Waals surface area contributed by atoms with Crippen LogP contribution in [-0.2, 0) is 23.1 Å². The van der Waals surface area contributed by atoms with Crippen LogP contribution in [0.25, 0.3) is 0 Å². The van der Waals surface area contributed by atoms with Crippen LogP contribution in [0, 0.1) is 0 Å². The summed E-state index contributed by atoms with van der Waals surface area (Å²) in [6, 6.07) is 0. The number of nitrogens with zero attached hydrogens (tertiary/aromatic N) is 1. The first-order valence-electron chi connectivity index (χ1n) is 16.5. The van der Waals surface area contributed by atoms with E-state index in [1.165, 1.54) is 103 Å². The van der Waals surface area contributed by atoms with Gasteiger partial charge in [-0.15, -0.1) is 0 Å². The van der Waals surface area contributed by atoms with E-state index >= 15 is 0 Å². The highest BCUT2D eigenvalue weighted by Gasteiger charge is 2.19. The lowest BCUT2D eigenvalue weighted by atomic mass is 10.0. The lowest BCUT2D eigenvalue weighted by Gasteiger charge is -2.28. The Kier molecular flexibility index (Phi) is 26.3. The number of quaternary nitrogens is 1. The van der Waals surface area contributed by atoms with Crippen molar-refractivity contribution in [2.24, 2.45) is 0 Å². The SMILES string of the molecule is CCCCCCCC/C=C\CCCCCCCCCCCCCC(=O)O[C@@H](CO)COP(=O)([O-])OCC[N+](C)(C)C. The van der Waals surface area contributed by atoms with Crippen LogP contribution in [0.5, 0.6) is 0 Å². The zero-order chi connectivity index (χ0) is 30.7. The normalized spacial score (nSPS) is 14.4. The molecule has 0 saturated carbocycles. The number of esters is 1. The highest BCUT2D eigenvalue weighted by atomic mass is 31.2. The fourth-order valence-electron chi connectivity index (χ4n) is 4.41. The maximum Gasteiger partial charge on any atom is 0.306 e. The number of allylic oxidation sites excluding steroid dienone is 2. The van der Waals surface area contributed by atoms with Crippen molar-refractivity contribution in [2.45, 2.75) is 141 Å². The van der Waals surface area contributed by atoms with Crippen LogP contribution in [0.2, 0.25) is 0 Å². The average Bonchev–Trinajstić information content (AvgIpc) is 2.91. The number of carbonyl (C=O) groups excluding carboxylic acids is 1. The molecule has 0 aromatic heterocycles. The number of likely N-dealkylation sites (N-methyl/N-ethyl adjacent to an activating group) is 1. The third-order valence-corrected chi connectivity index (χ3v) is 8.04. The Hall–Kier alpha value is -0.760. The molecule has 0 rings (SSSR count). The van der Waals surface area contributed by atoms with Crippen LogP contribution < -0.4 is 4.89 Å². The molecule has 0 fully saturated rings. The van der Waals surface area contributed by atoms with Gasteiger partial charge in [0.1, 0.15) is 19.3 Å². The summed E-state index contributed by atoms with van der Waals surface area (Å²) in [6.45, 7) is 1.78. The minimum atomic E-state index is -4.51. The van der Waals surface area contributed by atoms with Gasteiger partial charge in [0.2, 0.25) is 0 Å². The lowest BCUT2D eigenvalue weighted by molar-refractivity contribution is -0.870. The third kappa shape index (κ3) is 30.5. The number of ether oxygens (including phenoxy) is 1. The van der Waals surface area contributed by atoms with Gasteiger partial charge < -0.3 is 28.3 Å². The highest BCUT2D eigenvalue weighted by molar-refractivity contribution is 7.45. The van der Waals surface area contributed by atoms with Crippen molar-refractivity contribution in [3.8, 4) is 0 Å². The van der Waals surface area contributed by atoms with Crippen molar-refractivity contribution in [3.05, 3.63) is 12.2 Å². The van der Waals surface area contributed by atoms with Crippen LogP contribution in [0.15, 0.2) is 12.2 Å². The van der Waals surface area contributed by atoms with Gasteiger partial charge in [-0.05, 0) is 32.1 Å². The Labute approximate surface area is 252 Å². The van der Waals surface area contributed by atoms with Crippen molar-refractivity contribution in [1.82, 2.24) is 0 Å². The van der Waals surface area contributed by atoms with Crippen molar-refractivity contribution < 1.29 is 37.6 Å². The highest BCUT2D eigenvalue weighted by Crippen LogP contribution is 2.38. The maximum absolute atomic E-state index is 12.0. The first kappa shape index (κ1) is 40.2. The Morgan fingerprint density at radius 3 is 1.71 bits per heavy atom. The number of phosphoric acid groups is 1. The molecule has 1 unspecified atom stereocenters. The van der Waals surface area contributed by atoms with E-state index < -0.39 is 33.1 Å². The van der Waals surface area contributed by atoms with Crippen LogP contribution in [0.4, 0.5) is 0 Å². The lowest BCUT2D eigenvalue weighted by Crippen LogP contribution is -2.37. The summed E-state index contributed by atoms with van der Waals surface area (Å²) >= 11 is 0. The van der Waals surface area contributed by atoms with Gasteiger partial charge in [0.05, 0.1) is 34.4 Å². The Morgan fingerprint density at radius 1 is 0.780 bits per heavy atom. The molecule has 0 bridgehead atoms. The predicted molar refractivity (Wildman–Crippen MR) is 167 cm³/mol. The standard InChI is InChI=1S/C32H64NO7P/c1-5-6-7-8-9-10-11-12-13-14-15-16-17-18-19-20-21-22-23-24-25-26-32(35)40-31(29-34)30-39-41(36,37)38-28-27-33(2,3)4/h12-13,31,34H,5-11,14-30H2,1-4H3/b13-12-/t31-/m0/s1. The second-order valence-electron chi connectivity index (χ2n) is 12.3. The van der Waals surface area contributed by atoms with E-state index in [1.54, 1.807) is 0 Å². The van der Waals surface area contributed by atoms with Crippen molar-refractivity contribution in [2.75, 3.05) is 47.5 Å². The third-order valence-electron chi connectivity index (χ3n) is 7.07. The molecule has 0 radical (unpaired) electrons. The minimum Gasteiger partial charge on any atom is -0.756 e. The summed E-state index contributed by atoms with van der Waals surface area (Å²) in [4.78, 5) is 23.9. The zero-order valence-electron chi connectivity index (χ0n) is 27.0. The number of hydrogen-bond donors (Lipinski definition) is 1. The Bertz CT molecular complexity index is 681. The van der Waals surface area contributed by atoms with Crippen LogP contribution in [0.3, 0.4) is 0 Å². The number of rotatable bonds is 30. The molecule has 0 aliphatic rings. The van der Waals surface area contributed by atoms with Crippen LogP contribution >= 0.6 is 7.82 Å². The predicted octanol–water partition coefficient (Wildman–Crippen LogP) is 7.48. The molecule has 0 aliphatic carbocycles.